The van der Waals surface area contributed by atoms with Crippen molar-refractivity contribution in [3.05, 3.63) is 29.8 Å². The molecule has 1 rings (SSSR count). The van der Waals surface area contributed by atoms with Gasteiger partial charge in [-0.25, -0.2) is 0 Å². The summed E-state index contributed by atoms with van der Waals surface area (Å²) in [5.41, 5.74) is -0.507. The van der Waals surface area contributed by atoms with Crippen LogP contribution >= 0.6 is 0 Å². The lowest BCUT2D eigenvalue weighted by molar-refractivity contribution is -0.275. The zero-order valence-electron chi connectivity index (χ0n) is 10.5. The summed E-state index contributed by atoms with van der Waals surface area (Å²) in [5.74, 6) is -0.370. The highest BCUT2D eigenvalue weighted by molar-refractivity contribution is 6.40. The van der Waals surface area contributed by atoms with Crippen molar-refractivity contribution in [2.24, 2.45) is 5.41 Å². The van der Waals surface area contributed by atoms with E-state index in [2.05, 4.69) is 4.74 Å². The van der Waals surface area contributed by atoms with Crippen LogP contribution in [0.4, 0.5) is 13.2 Å². The lowest BCUT2D eigenvalue weighted by Gasteiger charge is -2.41. The summed E-state index contributed by atoms with van der Waals surface area (Å²) in [7, 11) is 11.9. The molecule has 4 radical (unpaired) electrons. The van der Waals surface area contributed by atoms with Crippen molar-refractivity contribution >= 4 is 15.7 Å². The second kappa shape index (κ2) is 4.56. The second-order valence-electron chi connectivity index (χ2n) is 5.16. The molecule has 1 aromatic rings. The molecule has 0 N–H and O–H groups in total. The molecule has 1 nitrogen and oxygen atoms in total. The van der Waals surface area contributed by atoms with Gasteiger partial charge in [0.25, 0.3) is 0 Å². The summed E-state index contributed by atoms with van der Waals surface area (Å²) in [6.45, 7) is 5.24. The predicted octanol–water partition coefficient (Wildman–Crippen LogP) is 3.12. The molecule has 0 aliphatic heterocycles. The molecule has 0 amide bonds. The monoisotopic (exact) mass is 252 g/mol. The zero-order chi connectivity index (χ0) is 14.2. The third kappa shape index (κ3) is 3.24. The maximum atomic E-state index is 12.3. The minimum Gasteiger partial charge on any atom is -0.406 e. The molecule has 0 atom stereocenters. The van der Waals surface area contributed by atoms with Gasteiger partial charge in [0, 0.05) is 0 Å². The van der Waals surface area contributed by atoms with Gasteiger partial charge >= 0.3 is 6.36 Å². The van der Waals surface area contributed by atoms with E-state index in [0.29, 0.717) is 0 Å². The van der Waals surface area contributed by atoms with Gasteiger partial charge in [-0.1, -0.05) is 44.2 Å². The Morgan fingerprint density at radius 2 is 1.50 bits per heavy atom. The van der Waals surface area contributed by atoms with Gasteiger partial charge in [-0.2, -0.15) is 0 Å². The van der Waals surface area contributed by atoms with Crippen molar-refractivity contribution in [1.82, 2.24) is 0 Å². The molecule has 0 aromatic heterocycles. The molecule has 0 aliphatic rings. The van der Waals surface area contributed by atoms with Gasteiger partial charge in [0.1, 0.15) is 5.75 Å². The van der Waals surface area contributed by atoms with Crippen molar-refractivity contribution in [2.45, 2.75) is 32.3 Å². The fraction of sp³-hybridized carbons (Fsp3) is 0.500. The van der Waals surface area contributed by atoms with Gasteiger partial charge in [-0.15, -0.1) is 13.2 Å². The summed E-state index contributed by atoms with van der Waals surface area (Å²) in [5, 5.41) is -1.44. The number of alkyl halides is 3. The highest BCUT2D eigenvalue weighted by Gasteiger charge is 2.38. The fourth-order valence-corrected chi connectivity index (χ4v) is 1.43. The van der Waals surface area contributed by atoms with E-state index in [1.165, 1.54) is 18.2 Å². The van der Waals surface area contributed by atoms with Crippen LogP contribution in [0.2, 0.25) is 0 Å². The van der Waals surface area contributed by atoms with E-state index in [-0.39, 0.29) is 11.3 Å². The smallest absolute Gasteiger partial charge is 0.406 e. The summed E-state index contributed by atoms with van der Waals surface area (Å²) in [6.07, 6.45) is -4.77. The molecule has 0 unspecified atom stereocenters. The average molecular weight is 252 g/mol. The largest absolute Gasteiger partial charge is 0.573 e. The van der Waals surface area contributed by atoms with Crippen molar-refractivity contribution in [1.29, 1.82) is 0 Å². The van der Waals surface area contributed by atoms with Gasteiger partial charge in [-0.05, 0) is 17.0 Å². The van der Waals surface area contributed by atoms with Crippen LogP contribution in [0, 0.1) is 5.41 Å². The summed E-state index contributed by atoms with van der Waals surface area (Å²) in [6, 6.07) is 5.64. The highest BCUT2D eigenvalue weighted by Crippen LogP contribution is 2.41. The number of hydrogen-bond donors (Lipinski definition) is 0. The van der Waals surface area contributed by atoms with Gasteiger partial charge in [-0.3, -0.25) is 0 Å². The Morgan fingerprint density at radius 1 is 1.00 bits per heavy atom. The van der Waals surface area contributed by atoms with Crippen LogP contribution in [-0.2, 0) is 5.21 Å². The standard InChI is InChI=1S/C12H13B2F3O/c1-10(2,3)11(13,14)8-6-4-5-7-9(8)18-12(15,16)17/h4-7H,1-3H3. The van der Waals surface area contributed by atoms with E-state index < -0.39 is 17.0 Å². The fourth-order valence-electron chi connectivity index (χ4n) is 1.43. The molecule has 0 saturated carbocycles. The molecule has 0 fully saturated rings. The molecule has 18 heavy (non-hydrogen) atoms. The lowest BCUT2D eigenvalue weighted by Crippen LogP contribution is -2.41. The van der Waals surface area contributed by atoms with Crippen LogP contribution in [0.5, 0.6) is 5.75 Å². The average Bonchev–Trinajstić information content (AvgIpc) is 2.13. The van der Waals surface area contributed by atoms with Crippen LogP contribution in [0.25, 0.3) is 0 Å². The number of ether oxygens (including phenoxy) is 1. The Kier molecular flexibility index (Phi) is 3.80. The quantitative estimate of drug-likeness (QED) is 0.734. The number of benzene rings is 1. The van der Waals surface area contributed by atoms with Crippen LogP contribution in [-0.4, -0.2) is 22.1 Å². The van der Waals surface area contributed by atoms with E-state index in [0.717, 1.165) is 0 Å². The minimum absolute atomic E-state index is 0.120. The summed E-state index contributed by atoms with van der Waals surface area (Å²) in [4.78, 5) is 0. The first kappa shape index (κ1) is 15.0. The van der Waals surface area contributed by atoms with Gasteiger partial charge in [0.05, 0.1) is 15.7 Å². The number of halogens is 3. The third-order valence-corrected chi connectivity index (χ3v) is 2.80. The zero-order valence-corrected chi connectivity index (χ0v) is 10.5. The first-order valence-electron chi connectivity index (χ1n) is 5.38. The Hall–Kier alpha value is -1.06. The molecule has 6 heteroatoms. The van der Waals surface area contributed by atoms with Crippen molar-refractivity contribution in [2.75, 3.05) is 0 Å². The van der Waals surface area contributed by atoms with Crippen molar-refractivity contribution < 1.29 is 17.9 Å². The van der Waals surface area contributed by atoms with E-state index in [9.17, 15) is 13.2 Å². The van der Waals surface area contributed by atoms with Crippen LogP contribution in [0.1, 0.15) is 26.3 Å². The van der Waals surface area contributed by atoms with E-state index in [4.69, 9.17) is 15.7 Å². The van der Waals surface area contributed by atoms with Crippen LogP contribution < -0.4 is 4.74 Å². The lowest BCUT2D eigenvalue weighted by atomic mass is 9.41. The highest BCUT2D eigenvalue weighted by atomic mass is 19.4. The molecular weight excluding hydrogens is 239 g/mol. The molecular formula is C12H13B2F3O. The minimum atomic E-state index is -4.77. The van der Waals surface area contributed by atoms with E-state index in [1.54, 1.807) is 26.8 Å². The normalized spacial score (nSPS) is 13.4. The third-order valence-electron chi connectivity index (χ3n) is 2.80. The molecule has 1 aromatic carbocycles. The molecule has 0 heterocycles. The Labute approximate surface area is 108 Å². The SMILES string of the molecule is [B]C([B])(c1ccccc1OC(F)(F)F)C(C)(C)C. The van der Waals surface area contributed by atoms with Gasteiger partial charge < -0.3 is 4.74 Å². The predicted molar refractivity (Wildman–Crippen MR) is 65.8 cm³/mol. The summed E-state index contributed by atoms with van der Waals surface area (Å²) >= 11 is 0. The van der Waals surface area contributed by atoms with E-state index in [1.807, 2.05) is 0 Å². The Morgan fingerprint density at radius 3 is 1.94 bits per heavy atom. The molecule has 0 spiro atoms. The summed E-state index contributed by atoms with van der Waals surface area (Å²) < 4.78 is 40.9. The Bertz CT molecular complexity index is 422. The first-order valence-corrected chi connectivity index (χ1v) is 5.38. The molecule has 94 valence electrons. The number of hydrogen-bond acceptors (Lipinski definition) is 1. The maximum Gasteiger partial charge on any atom is 0.573 e. The van der Waals surface area contributed by atoms with E-state index >= 15 is 0 Å². The van der Waals surface area contributed by atoms with Crippen molar-refractivity contribution in [3.8, 4) is 5.75 Å². The van der Waals surface area contributed by atoms with Gasteiger partial charge in [0.15, 0.2) is 0 Å². The number of rotatable bonds is 2. The van der Waals surface area contributed by atoms with Gasteiger partial charge in [0.2, 0.25) is 0 Å². The van der Waals surface area contributed by atoms with Crippen LogP contribution in [0.15, 0.2) is 24.3 Å². The maximum absolute atomic E-state index is 12.3. The molecule has 0 aliphatic carbocycles. The molecule has 0 saturated heterocycles. The Balaban J connectivity index is 3.26. The first-order chi connectivity index (χ1) is 7.95. The second-order valence-corrected chi connectivity index (χ2v) is 5.16. The van der Waals surface area contributed by atoms with Crippen molar-refractivity contribution in [3.63, 3.8) is 0 Å². The van der Waals surface area contributed by atoms with Crippen LogP contribution in [0.3, 0.4) is 0 Å². The topological polar surface area (TPSA) is 9.23 Å². The molecule has 0 bridgehead atoms. The number of para-hydroxylation sites is 1.